The molecule has 3 aromatic rings. The zero-order valence-electron chi connectivity index (χ0n) is 19.1. The number of nitrogens with zero attached hydrogens (tertiary/aromatic N) is 4. The molecule has 3 heterocycles. The first-order valence-corrected chi connectivity index (χ1v) is 13.4. The first kappa shape index (κ1) is 22.8. The van der Waals surface area contributed by atoms with Crippen LogP contribution in [0.25, 0.3) is 0 Å². The molecule has 2 aliphatic rings. The summed E-state index contributed by atoms with van der Waals surface area (Å²) in [4.78, 5) is 13.4. The third-order valence-corrected chi connectivity index (χ3v) is 7.80. The lowest BCUT2D eigenvalue weighted by Gasteiger charge is -2.43. The fourth-order valence-electron chi connectivity index (χ4n) is 4.89. The molecule has 0 aliphatic carbocycles. The van der Waals surface area contributed by atoms with Crippen molar-refractivity contribution in [3.05, 3.63) is 72.1 Å². The number of hydrogen-bond acceptors (Lipinski definition) is 8. The van der Waals surface area contributed by atoms with Crippen molar-refractivity contribution < 1.29 is 13.5 Å². The van der Waals surface area contributed by atoms with Gasteiger partial charge in [-0.15, -0.1) is 0 Å². The van der Waals surface area contributed by atoms with Gasteiger partial charge in [-0.25, -0.2) is 18.4 Å². The maximum absolute atomic E-state index is 11.8. The van der Waals surface area contributed by atoms with Gasteiger partial charge in [0.15, 0.2) is 9.84 Å². The Morgan fingerprint density at radius 2 is 1.85 bits per heavy atom. The molecule has 2 aliphatic heterocycles. The summed E-state index contributed by atoms with van der Waals surface area (Å²) in [6.07, 6.45) is 4.07. The Labute approximate surface area is 200 Å². The van der Waals surface area contributed by atoms with Gasteiger partial charge in [-0.3, -0.25) is 4.90 Å². The second-order valence-electron chi connectivity index (χ2n) is 9.05. The summed E-state index contributed by atoms with van der Waals surface area (Å²) in [5.74, 6) is 1.30. The number of rotatable bonds is 5. The second-order valence-corrected chi connectivity index (χ2v) is 11.1. The van der Waals surface area contributed by atoms with Crippen molar-refractivity contribution in [3.63, 3.8) is 0 Å². The molecule has 0 radical (unpaired) electrons. The summed E-state index contributed by atoms with van der Waals surface area (Å²) in [6, 6.07) is 17.2. The number of benzene rings is 2. The Morgan fingerprint density at radius 1 is 1.03 bits per heavy atom. The van der Waals surface area contributed by atoms with Crippen molar-refractivity contribution in [3.8, 4) is 0 Å². The van der Waals surface area contributed by atoms with E-state index in [0.29, 0.717) is 18.1 Å². The van der Waals surface area contributed by atoms with E-state index in [4.69, 9.17) is 0 Å². The maximum Gasteiger partial charge on any atom is 0.175 e. The molecule has 8 nitrogen and oxygen atoms in total. The quantitative estimate of drug-likeness (QED) is 0.576. The third-order valence-electron chi connectivity index (χ3n) is 6.69. The van der Waals surface area contributed by atoms with Crippen molar-refractivity contribution in [1.82, 2.24) is 14.9 Å². The van der Waals surface area contributed by atoms with Crippen molar-refractivity contribution in [1.29, 1.82) is 0 Å². The molecule has 5 rings (SSSR count). The molecule has 9 heteroatoms. The lowest BCUT2D eigenvalue weighted by Crippen LogP contribution is -2.55. The van der Waals surface area contributed by atoms with E-state index < -0.39 is 15.9 Å². The van der Waals surface area contributed by atoms with Gasteiger partial charge in [0, 0.05) is 50.2 Å². The van der Waals surface area contributed by atoms with Crippen LogP contribution in [0.3, 0.4) is 0 Å². The summed E-state index contributed by atoms with van der Waals surface area (Å²) in [5, 5.41) is 14.2. The molecule has 178 valence electrons. The summed E-state index contributed by atoms with van der Waals surface area (Å²) in [6.45, 7) is 3.14. The Balaban J connectivity index is 1.25. The normalized spacial score (nSPS) is 21.2. The summed E-state index contributed by atoms with van der Waals surface area (Å²) in [7, 11) is -3.29. The number of aliphatic hydroxyl groups excluding tert-OH is 1. The number of nitrogens with one attached hydrogen (secondary N) is 1. The van der Waals surface area contributed by atoms with Crippen LogP contribution >= 0.6 is 0 Å². The molecule has 1 aromatic heterocycles. The zero-order chi connectivity index (χ0) is 23.7. The molecule has 0 unspecified atom stereocenters. The Hall–Kier alpha value is -3.01. The lowest BCUT2D eigenvalue weighted by atomic mass is 9.94. The van der Waals surface area contributed by atoms with E-state index in [2.05, 4.69) is 49.4 Å². The minimum atomic E-state index is -3.29. The highest BCUT2D eigenvalue weighted by molar-refractivity contribution is 7.90. The Bertz CT molecular complexity index is 1280. The van der Waals surface area contributed by atoms with Crippen molar-refractivity contribution in [2.75, 3.05) is 36.1 Å². The van der Waals surface area contributed by atoms with Gasteiger partial charge in [0.05, 0.1) is 11.0 Å². The fourth-order valence-corrected chi connectivity index (χ4v) is 5.56. The molecule has 0 spiro atoms. The molecule has 2 aromatic carbocycles. The fraction of sp³-hybridized carbons (Fsp3) is 0.360. The third kappa shape index (κ3) is 4.91. The van der Waals surface area contributed by atoms with Gasteiger partial charge in [0.25, 0.3) is 0 Å². The molecule has 1 fully saturated rings. The predicted octanol–water partition coefficient (Wildman–Crippen LogP) is 2.62. The summed E-state index contributed by atoms with van der Waals surface area (Å²) >= 11 is 0. The summed E-state index contributed by atoms with van der Waals surface area (Å²) in [5.41, 5.74) is 3.40. The predicted molar refractivity (Wildman–Crippen MR) is 132 cm³/mol. The molecular formula is C25H29N5O3S. The van der Waals surface area contributed by atoms with E-state index in [1.54, 1.807) is 24.3 Å². The molecule has 1 saturated heterocycles. The highest BCUT2D eigenvalue weighted by atomic mass is 32.2. The monoisotopic (exact) mass is 479 g/mol. The summed E-state index contributed by atoms with van der Waals surface area (Å²) < 4.78 is 23.7. The van der Waals surface area contributed by atoms with E-state index in [1.165, 1.54) is 23.7 Å². The number of aliphatic hydroxyl groups is 1. The van der Waals surface area contributed by atoms with Crippen LogP contribution in [0.4, 0.5) is 17.3 Å². The van der Waals surface area contributed by atoms with E-state index in [9.17, 15) is 13.5 Å². The van der Waals surface area contributed by atoms with Crippen LogP contribution in [-0.4, -0.2) is 66.4 Å². The van der Waals surface area contributed by atoms with E-state index in [0.717, 1.165) is 38.3 Å². The number of β-amino-alcohol motifs (C(OH)–C–C–N with tert-alkyl or cyclic N) is 1. The van der Waals surface area contributed by atoms with Gasteiger partial charge in [-0.2, -0.15) is 0 Å². The number of hydrogen-bond donors (Lipinski definition) is 2. The van der Waals surface area contributed by atoms with Gasteiger partial charge in [0.2, 0.25) is 0 Å². The van der Waals surface area contributed by atoms with E-state index in [-0.39, 0.29) is 10.9 Å². The molecule has 2 atom stereocenters. The number of piperidine rings is 1. The standard InChI is InChI=1S/C25H29N5O3S/c1-34(32,33)21-8-4-7-20(13-21)28-24-14-25(27-17-26-24)30-12-10-22(23(31)16-30)29-11-9-18-5-2-3-6-19(18)15-29/h2-8,13-14,17,22-23,31H,9-12,15-16H2,1H3,(H,26,27,28)/t22-,23-/m1/s1. The minimum Gasteiger partial charge on any atom is -0.390 e. The largest absolute Gasteiger partial charge is 0.390 e. The topological polar surface area (TPSA) is 98.7 Å². The smallest absolute Gasteiger partial charge is 0.175 e. The second kappa shape index (κ2) is 9.32. The number of aromatic nitrogens is 2. The first-order chi connectivity index (χ1) is 16.4. The highest BCUT2D eigenvalue weighted by Gasteiger charge is 2.34. The zero-order valence-corrected chi connectivity index (χ0v) is 19.9. The van der Waals surface area contributed by atoms with Crippen LogP contribution in [0.5, 0.6) is 0 Å². The molecule has 34 heavy (non-hydrogen) atoms. The van der Waals surface area contributed by atoms with E-state index in [1.807, 2.05) is 6.07 Å². The van der Waals surface area contributed by atoms with Crippen molar-refractivity contribution >= 4 is 27.2 Å². The van der Waals surface area contributed by atoms with E-state index >= 15 is 0 Å². The van der Waals surface area contributed by atoms with Gasteiger partial charge in [-0.1, -0.05) is 30.3 Å². The van der Waals surface area contributed by atoms with Crippen LogP contribution in [-0.2, 0) is 22.8 Å². The SMILES string of the molecule is CS(=O)(=O)c1cccc(Nc2cc(N3CC[C@@H](N4CCc5ccccc5C4)[C@H](O)C3)ncn2)c1. The van der Waals surface area contributed by atoms with Crippen LogP contribution in [0.15, 0.2) is 65.8 Å². The van der Waals surface area contributed by atoms with Crippen LogP contribution < -0.4 is 10.2 Å². The molecule has 0 bridgehead atoms. The van der Waals surface area contributed by atoms with Gasteiger partial charge in [0.1, 0.15) is 18.0 Å². The lowest BCUT2D eigenvalue weighted by molar-refractivity contribution is 0.0293. The van der Waals surface area contributed by atoms with Gasteiger partial charge >= 0.3 is 0 Å². The molecular weight excluding hydrogens is 450 g/mol. The van der Waals surface area contributed by atoms with Crippen LogP contribution in [0.1, 0.15) is 17.5 Å². The van der Waals surface area contributed by atoms with Gasteiger partial charge < -0.3 is 15.3 Å². The van der Waals surface area contributed by atoms with Crippen molar-refractivity contribution in [2.45, 2.75) is 36.4 Å². The molecule has 0 saturated carbocycles. The highest BCUT2D eigenvalue weighted by Crippen LogP contribution is 2.28. The Morgan fingerprint density at radius 3 is 2.65 bits per heavy atom. The maximum atomic E-state index is 11.8. The number of sulfone groups is 1. The average Bonchev–Trinajstić information content (AvgIpc) is 2.83. The average molecular weight is 480 g/mol. The Kier molecular flexibility index (Phi) is 6.24. The molecule has 0 amide bonds. The number of fused-ring (bicyclic) bond motifs is 1. The van der Waals surface area contributed by atoms with Crippen molar-refractivity contribution in [2.24, 2.45) is 0 Å². The van der Waals surface area contributed by atoms with Gasteiger partial charge in [-0.05, 0) is 42.2 Å². The van der Waals surface area contributed by atoms with Crippen LogP contribution in [0.2, 0.25) is 0 Å². The molecule has 2 N–H and O–H groups in total. The van der Waals surface area contributed by atoms with Crippen LogP contribution in [0, 0.1) is 0 Å². The minimum absolute atomic E-state index is 0.128. The number of anilines is 3. The first-order valence-electron chi connectivity index (χ1n) is 11.5.